The number of carbonyl (C=O) groups excluding carboxylic acids is 1. The Morgan fingerprint density at radius 2 is 1.81 bits per heavy atom. The summed E-state index contributed by atoms with van der Waals surface area (Å²) in [5, 5.41) is 11.3. The van der Waals surface area contributed by atoms with Crippen molar-refractivity contribution in [3.63, 3.8) is 0 Å². The van der Waals surface area contributed by atoms with Crippen molar-refractivity contribution >= 4 is 51.6 Å². The number of methoxy groups -OCH3 is 2. The van der Waals surface area contributed by atoms with Gasteiger partial charge in [-0.2, -0.15) is 0 Å². The molecule has 4 rings (SSSR count). The first-order valence-electron chi connectivity index (χ1n) is 9.23. The molecule has 0 N–H and O–H groups in total. The first kappa shape index (κ1) is 22.1. The van der Waals surface area contributed by atoms with E-state index in [4.69, 9.17) is 21.7 Å². The molecule has 0 atom stereocenters. The van der Waals surface area contributed by atoms with E-state index in [0.717, 1.165) is 28.8 Å². The number of thiazole rings is 1. The summed E-state index contributed by atoms with van der Waals surface area (Å²) in [6, 6.07) is 14.3. The molecule has 0 saturated carbocycles. The quantitative estimate of drug-likeness (QED) is 0.223. The second-order valence-corrected chi connectivity index (χ2v) is 9.01. The molecular formula is C21H16N3O5S3-. The largest absolute Gasteiger partial charge is 0.549 e. The van der Waals surface area contributed by atoms with E-state index in [-0.39, 0.29) is 16.5 Å². The van der Waals surface area contributed by atoms with Gasteiger partial charge in [-0.3, -0.25) is 13.9 Å². The Morgan fingerprint density at radius 1 is 1.09 bits per heavy atom. The molecule has 2 aromatic heterocycles. The normalized spacial score (nSPS) is 10.9. The van der Waals surface area contributed by atoms with Crippen LogP contribution in [0.2, 0.25) is 0 Å². The van der Waals surface area contributed by atoms with Gasteiger partial charge in [0.25, 0.3) is 5.56 Å². The minimum Gasteiger partial charge on any atom is -0.549 e. The number of hydrogen-bond acceptors (Lipinski definition) is 9. The Balaban J connectivity index is 2.02. The molecule has 0 spiro atoms. The van der Waals surface area contributed by atoms with Gasteiger partial charge in [-0.05, 0) is 36.5 Å². The zero-order valence-corrected chi connectivity index (χ0v) is 19.4. The van der Waals surface area contributed by atoms with E-state index in [1.54, 1.807) is 22.8 Å². The van der Waals surface area contributed by atoms with E-state index in [9.17, 15) is 14.7 Å². The maximum Gasteiger partial charge on any atom is 0.278 e. The van der Waals surface area contributed by atoms with Crippen molar-refractivity contribution in [2.24, 2.45) is 0 Å². The minimum atomic E-state index is -1.27. The van der Waals surface area contributed by atoms with Crippen LogP contribution in [0.3, 0.4) is 0 Å². The fraction of sp³-hybridized carbons (Fsp3) is 0.143. The van der Waals surface area contributed by atoms with Crippen LogP contribution in [-0.2, 0) is 4.79 Å². The van der Waals surface area contributed by atoms with Crippen LogP contribution >= 0.6 is 35.3 Å². The number of para-hydroxylation sites is 1. The SMILES string of the molecule is COc1ccc(-n2c(SCC(=O)[O-])nc3c(sc(=S)n3-c3ccccc3)c2=O)cc1OC. The third-order valence-corrected chi connectivity index (χ3v) is 6.80. The van der Waals surface area contributed by atoms with Crippen molar-refractivity contribution in [3.05, 3.63) is 62.8 Å². The number of aliphatic carboxylic acids is 1. The summed E-state index contributed by atoms with van der Waals surface area (Å²) in [7, 11) is 3.00. The molecule has 0 radical (unpaired) electrons. The molecule has 11 heteroatoms. The standard InChI is InChI=1S/C21H17N3O5S3/c1-28-14-9-8-13(10-15(14)29-2)24-19(27)17-18(22-20(24)31-11-16(25)26)23(21(30)32-17)12-6-4-3-5-7-12/h3-10H,11H2,1-2H3,(H,25,26)/p-1. The van der Waals surface area contributed by atoms with Crippen LogP contribution in [0.15, 0.2) is 58.5 Å². The zero-order chi connectivity index (χ0) is 22.8. The third-order valence-electron chi connectivity index (χ3n) is 4.54. The van der Waals surface area contributed by atoms with Crippen molar-refractivity contribution in [3.8, 4) is 22.9 Å². The summed E-state index contributed by atoms with van der Waals surface area (Å²) in [5.41, 5.74) is 1.21. The molecule has 0 aliphatic carbocycles. The number of carboxylic acid groups (broad SMARTS) is 1. The molecule has 0 fully saturated rings. The second-order valence-electron chi connectivity index (χ2n) is 6.43. The number of nitrogens with zero attached hydrogens (tertiary/aromatic N) is 3. The van der Waals surface area contributed by atoms with Gasteiger partial charge in [0.1, 0.15) is 4.70 Å². The van der Waals surface area contributed by atoms with Crippen LogP contribution in [0.25, 0.3) is 21.7 Å². The Bertz CT molecular complexity index is 1430. The van der Waals surface area contributed by atoms with Crippen LogP contribution in [-0.4, -0.2) is 40.1 Å². The highest BCUT2D eigenvalue weighted by Gasteiger charge is 2.20. The molecule has 0 unspecified atom stereocenters. The summed E-state index contributed by atoms with van der Waals surface area (Å²) in [5.74, 6) is -0.731. The number of carboxylic acids is 1. The molecule has 2 heterocycles. The number of ether oxygens (including phenoxy) is 2. The van der Waals surface area contributed by atoms with Crippen molar-refractivity contribution in [2.75, 3.05) is 20.0 Å². The van der Waals surface area contributed by atoms with Crippen LogP contribution in [0.5, 0.6) is 11.5 Å². The average Bonchev–Trinajstić information content (AvgIpc) is 3.14. The van der Waals surface area contributed by atoms with Crippen molar-refractivity contribution in [1.29, 1.82) is 0 Å². The lowest BCUT2D eigenvalue weighted by Gasteiger charge is -2.15. The van der Waals surface area contributed by atoms with Crippen molar-refractivity contribution in [1.82, 2.24) is 14.1 Å². The highest BCUT2D eigenvalue weighted by Crippen LogP contribution is 2.32. The lowest BCUT2D eigenvalue weighted by molar-refractivity contribution is -0.301. The molecule has 164 valence electrons. The lowest BCUT2D eigenvalue weighted by atomic mass is 10.2. The van der Waals surface area contributed by atoms with Gasteiger partial charge in [-0.25, -0.2) is 4.98 Å². The first-order valence-corrected chi connectivity index (χ1v) is 11.4. The van der Waals surface area contributed by atoms with Crippen LogP contribution < -0.4 is 20.1 Å². The number of hydrogen-bond donors (Lipinski definition) is 0. The number of carbonyl (C=O) groups is 1. The smallest absolute Gasteiger partial charge is 0.278 e. The maximum absolute atomic E-state index is 13.6. The molecule has 8 nitrogen and oxygen atoms in total. The van der Waals surface area contributed by atoms with Crippen molar-refractivity contribution < 1.29 is 19.4 Å². The molecule has 0 saturated heterocycles. The van der Waals surface area contributed by atoms with Gasteiger partial charge < -0.3 is 19.4 Å². The van der Waals surface area contributed by atoms with Gasteiger partial charge in [0.05, 0.1) is 25.9 Å². The lowest BCUT2D eigenvalue weighted by Crippen LogP contribution is -2.26. The van der Waals surface area contributed by atoms with E-state index >= 15 is 0 Å². The van der Waals surface area contributed by atoms with E-state index in [0.29, 0.717) is 31.5 Å². The van der Waals surface area contributed by atoms with Gasteiger partial charge in [0.15, 0.2) is 26.3 Å². The number of benzene rings is 2. The molecule has 2 aromatic carbocycles. The fourth-order valence-electron chi connectivity index (χ4n) is 3.15. The molecular weight excluding hydrogens is 470 g/mol. The molecule has 0 aliphatic rings. The number of thioether (sulfide) groups is 1. The molecule has 4 aromatic rings. The van der Waals surface area contributed by atoms with Gasteiger partial charge in [0.2, 0.25) is 0 Å². The summed E-state index contributed by atoms with van der Waals surface area (Å²) in [4.78, 5) is 29.4. The maximum atomic E-state index is 13.6. The van der Waals surface area contributed by atoms with Crippen LogP contribution in [0.4, 0.5) is 0 Å². The Morgan fingerprint density at radius 3 is 2.47 bits per heavy atom. The van der Waals surface area contributed by atoms with Crippen molar-refractivity contribution in [2.45, 2.75) is 5.16 Å². The number of aromatic nitrogens is 3. The Labute approximate surface area is 195 Å². The predicted molar refractivity (Wildman–Crippen MR) is 124 cm³/mol. The number of rotatable bonds is 7. The third kappa shape index (κ3) is 4.01. The van der Waals surface area contributed by atoms with E-state index in [2.05, 4.69) is 4.98 Å². The summed E-state index contributed by atoms with van der Waals surface area (Å²) in [6.45, 7) is 0. The molecule has 32 heavy (non-hydrogen) atoms. The Kier molecular flexibility index (Phi) is 6.31. The highest BCUT2D eigenvalue weighted by molar-refractivity contribution is 7.99. The molecule has 0 aliphatic heterocycles. The number of fused-ring (bicyclic) bond motifs is 1. The van der Waals surface area contributed by atoms with Gasteiger partial charge in [0, 0.05) is 17.5 Å². The predicted octanol–water partition coefficient (Wildman–Crippen LogP) is 2.83. The highest BCUT2D eigenvalue weighted by atomic mass is 32.2. The van der Waals surface area contributed by atoms with Crippen LogP contribution in [0.1, 0.15) is 0 Å². The average molecular weight is 487 g/mol. The summed E-state index contributed by atoms with van der Waals surface area (Å²) < 4.78 is 14.5. The summed E-state index contributed by atoms with van der Waals surface area (Å²) in [6.07, 6.45) is 0. The Hall–Kier alpha value is -3.15. The topological polar surface area (TPSA) is 98.4 Å². The fourth-order valence-corrected chi connectivity index (χ4v) is 5.17. The monoisotopic (exact) mass is 486 g/mol. The minimum absolute atomic E-state index is 0.191. The first-order chi connectivity index (χ1) is 15.4. The zero-order valence-electron chi connectivity index (χ0n) is 16.9. The van der Waals surface area contributed by atoms with E-state index in [1.807, 2.05) is 30.3 Å². The summed E-state index contributed by atoms with van der Waals surface area (Å²) >= 11 is 7.56. The molecule has 0 amide bonds. The second kappa shape index (κ2) is 9.15. The van der Waals surface area contributed by atoms with Gasteiger partial charge >= 0.3 is 0 Å². The molecule has 0 bridgehead atoms. The van der Waals surface area contributed by atoms with Crippen LogP contribution in [0, 0.1) is 3.95 Å². The van der Waals surface area contributed by atoms with E-state index in [1.165, 1.54) is 18.8 Å². The van der Waals surface area contributed by atoms with E-state index < -0.39 is 5.97 Å². The van der Waals surface area contributed by atoms with Gasteiger partial charge in [-0.15, -0.1) is 0 Å². The van der Waals surface area contributed by atoms with Gasteiger partial charge in [-0.1, -0.05) is 41.3 Å².